The Morgan fingerprint density at radius 2 is 2.35 bits per heavy atom. The molecule has 1 atom stereocenters. The predicted molar refractivity (Wildman–Crippen MR) is 69.6 cm³/mol. The van der Waals surface area contributed by atoms with Crippen molar-refractivity contribution in [3.05, 3.63) is 30.1 Å². The van der Waals surface area contributed by atoms with Crippen LogP contribution in [-0.4, -0.2) is 54.1 Å². The third-order valence-electron chi connectivity index (χ3n) is 3.42. The van der Waals surface area contributed by atoms with Gasteiger partial charge in [-0.3, -0.25) is 9.88 Å². The normalized spacial score (nSPS) is 22.8. The summed E-state index contributed by atoms with van der Waals surface area (Å²) in [6.45, 7) is 5.14. The predicted octanol–water partition coefficient (Wildman–Crippen LogP) is 0.546. The summed E-state index contributed by atoms with van der Waals surface area (Å²) in [5.41, 5.74) is 6.99. The maximum atomic E-state index is 5.70. The lowest BCUT2D eigenvalue weighted by atomic mass is 10.1. The molecule has 1 aromatic heterocycles. The second kappa shape index (κ2) is 6.10. The number of pyridine rings is 1. The third-order valence-corrected chi connectivity index (χ3v) is 3.42. The number of nitrogens with two attached hydrogens (primary N) is 1. The van der Waals surface area contributed by atoms with Crippen LogP contribution >= 0.6 is 0 Å². The maximum Gasteiger partial charge on any atom is 0.0312 e. The highest BCUT2D eigenvalue weighted by Gasteiger charge is 2.24. The van der Waals surface area contributed by atoms with Gasteiger partial charge in [0.05, 0.1) is 0 Å². The van der Waals surface area contributed by atoms with E-state index in [1.807, 2.05) is 18.5 Å². The van der Waals surface area contributed by atoms with Crippen LogP contribution in [0.3, 0.4) is 0 Å². The zero-order valence-electron chi connectivity index (χ0n) is 10.5. The molecule has 1 saturated heterocycles. The lowest BCUT2D eigenvalue weighted by molar-refractivity contribution is 0.0797. The van der Waals surface area contributed by atoms with E-state index in [1.54, 1.807) is 0 Å². The first-order chi connectivity index (χ1) is 8.29. The molecule has 2 heterocycles. The lowest BCUT2D eigenvalue weighted by Crippen LogP contribution is -2.51. The van der Waals surface area contributed by atoms with Crippen LogP contribution in [0.4, 0.5) is 0 Å². The van der Waals surface area contributed by atoms with Gasteiger partial charge in [0.2, 0.25) is 0 Å². The van der Waals surface area contributed by atoms with Gasteiger partial charge in [0.1, 0.15) is 0 Å². The molecule has 1 aliphatic heterocycles. The van der Waals surface area contributed by atoms with Gasteiger partial charge in [-0.2, -0.15) is 0 Å². The van der Waals surface area contributed by atoms with E-state index in [9.17, 15) is 0 Å². The van der Waals surface area contributed by atoms with Gasteiger partial charge in [-0.15, -0.1) is 0 Å². The van der Waals surface area contributed by atoms with Crippen LogP contribution in [0.1, 0.15) is 12.0 Å². The van der Waals surface area contributed by atoms with Gasteiger partial charge in [0, 0.05) is 44.6 Å². The molecular weight excluding hydrogens is 212 g/mol. The average molecular weight is 234 g/mol. The van der Waals surface area contributed by atoms with Crippen molar-refractivity contribution in [2.45, 2.75) is 19.0 Å². The van der Waals surface area contributed by atoms with E-state index in [2.05, 4.69) is 27.9 Å². The van der Waals surface area contributed by atoms with Crippen molar-refractivity contribution >= 4 is 0 Å². The minimum atomic E-state index is 0.582. The highest BCUT2D eigenvalue weighted by Crippen LogP contribution is 2.14. The molecule has 0 aromatic carbocycles. The van der Waals surface area contributed by atoms with Crippen LogP contribution in [0, 0.1) is 0 Å². The first-order valence-corrected chi connectivity index (χ1v) is 6.31. The van der Waals surface area contributed by atoms with Gasteiger partial charge in [-0.05, 0) is 31.6 Å². The van der Waals surface area contributed by atoms with E-state index < -0.39 is 0 Å². The van der Waals surface area contributed by atoms with Crippen LogP contribution in [-0.2, 0) is 6.54 Å². The van der Waals surface area contributed by atoms with E-state index >= 15 is 0 Å². The lowest BCUT2D eigenvalue weighted by Gasteiger charge is -2.40. The van der Waals surface area contributed by atoms with Gasteiger partial charge in [-0.25, -0.2) is 0 Å². The Hall–Kier alpha value is -0.970. The largest absolute Gasteiger partial charge is 0.330 e. The number of aromatic nitrogens is 1. The summed E-state index contributed by atoms with van der Waals surface area (Å²) in [6.07, 6.45) is 4.85. The van der Waals surface area contributed by atoms with Gasteiger partial charge >= 0.3 is 0 Å². The number of nitrogens with zero attached hydrogens (tertiary/aromatic N) is 3. The molecule has 0 radical (unpaired) electrons. The second-order valence-electron chi connectivity index (χ2n) is 4.83. The van der Waals surface area contributed by atoms with Crippen molar-refractivity contribution in [3.63, 3.8) is 0 Å². The summed E-state index contributed by atoms with van der Waals surface area (Å²) in [5, 5.41) is 0. The Balaban J connectivity index is 1.98. The van der Waals surface area contributed by atoms with Crippen LogP contribution in [0.2, 0.25) is 0 Å². The summed E-state index contributed by atoms with van der Waals surface area (Å²) < 4.78 is 0. The van der Waals surface area contributed by atoms with E-state index in [-0.39, 0.29) is 0 Å². The van der Waals surface area contributed by atoms with Crippen LogP contribution < -0.4 is 5.73 Å². The van der Waals surface area contributed by atoms with Gasteiger partial charge in [0.15, 0.2) is 0 Å². The monoisotopic (exact) mass is 234 g/mol. The number of hydrogen-bond donors (Lipinski definition) is 1. The van der Waals surface area contributed by atoms with Crippen LogP contribution in [0.25, 0.3) is 0 Å². The standard InChI is InChI=1S/C13H22N4/c1-16-7-8-17(13(11-16)4-5-14)10-12-3-2-6-15-9-12/h2-3,6,9,13H,4-5,7-8,10-11,14H2,1H3. The van der Waals surface area contributed by atoms with Crippen molar-refractivity contribution in [1.29, 1.82) is 0 Å². The van der Waals surface area contributed by atoms with Crippen molar-refractivity contribution < 1.29 is 0 Å². The van der Waals surface area contributed by atoms with Crippen LogP contribution in [0.15, 0.2) is 24.5 Å². The molecule has 2 rings (SSSR count). The zero-order chi connectivity index (χ0) is 12.1. The fourth-order valence-electron chi connectivity index (χ4n) is 2.45. The highest BCUT2D eigenvalue weighted by atomic mass is 15.3. The second-order valence-corrected chi connectivity index (χ2v) is 4.83. The highest BCUT2D eigenvalue weighted by molar-refractivity contribution is 5.08. The summed E-state index contributed by atoms with van der Waals surface area (Å²) in [6, 6.07) is 4.73. The molecule has 1 fully saturated rings. The molecular formula is C13H22N4. The Labute approximate surface area is 103 Å². The van der Waals surface area contributed by atoms with E-state index in [4.69, 9.17) is 5.73 Å². The summed E-state index contributed by atoms with van der Waals surface area (Å²) in [7, 11) is 2.19. The Kier molecular flexibility index (Phi) is 4.48. The molecule has 1 unspecified atom stereocenters. The number of piperazine rings is 1. The molecule has 1 aliphatic rings. The van der Waals surface area contributed by atoms with E-state index in [1.165, 1.54) is 5.56 Å². The minimum Gasteiger partial charge on any atom is -0.330 e. The molecule has 4 heteroatoms. The summed E-state index contributed by atoms with van der Waals surface area (Å²) in [5.74, 6) is 0. The molecule has 4 nitrogen and oxygen atoms in total. The molecule has 2 N–H and O–H groups in total. The first-order valence-electron chi connectivity index (χ1n) is 6.31. The van der Waals surface area contributed by atoms with E-state index in [0.717, 1.165) is 39.1 Å². The number of rotatable bonds is 4. The van der Waals surface area contributed by atoms with Crippen molar-refractivity contribution in [1.82, 2.24) is 14.8 Å². The number of hydrogen-bond acceptors (Lipinski definition) is 4. The van der Waals surface area contributed by atoms with Gasteiger partial charge in [0.25, 0.3) is 0 Å². The Bertz CT molecular complexity index is 327. The smallest absolute Gasteiger partial charge is 0.0312 e. The van der Waals surface area contributed by atoms with Crippen molar-refractivity contribution in [2.75, 3.05) is 33.2 Å². The molecule has 1 aromatic rings. The molecule has 94 valence electrons. The first kappa shape index (κ1) is 12.5. The van der Waals surface area contributed by atoms with E-state index in [0.29, 0.717) is 6.04 Å². The van der Waals surface area contributed by atoms with Gasteiger partial charge < -0.3 is 10.6 Å². The Morgan fingerprint density at radius 3 is 3.06 bits per heavy atom. The molecule has 0 saturated carbocycles. The molecule has 0 aliphatic carbocycles. The Morgan fingerprint density at radius 1 is 1.47 bits per heavy atom. The molecule has 0 spiro atoms. The average Bonchev–Trinajstić information content (AvgIpc) is 2.34. The molecule has 17 heavy (non-hydrogen) atoms. The third kappa shape index (κ3) is 3.49. The molecule has 0 bridgehead atoms. The quantitative estimate of drug-likeness (QED) is 0.826. The van der Waals surface area contributed by atoms with Crippen LogP contribution in [0.5, 0.6) is 0 Å². The minimum absolute atomic E-state index is 0.582. The topological polar surface area (TPSA) is 45.4 Å². The zero-order valence-corrected chi connectivity index (χ0v) is 10.5. The molecule has 0 amide bonds. The SMILES string of the molecule is CN1CCN(Cc2cccnc2)C(CCN)C1. The van der Waals surface area contributed by atoms with Gasteiger partial charge in [-0.1, -0.05) is 6.07 Å². The fraction of sp³-hybridized carbons (Fsp3) is 0.615. The van der Waals surface area contributed by atoms with Crippen molar-refractivity contribution in [2.24, 2.45) is 5.73 Å². The van der Waals surface area contributed by atoms with Crippen molar-refractivity contribution in [3.8, 4) is 0 Å². The summed E-state index contributed by atoms with van der Waals surface area (Å²) in [4.78, 5) is 9.09. The maximum absolute atomic E-state index is 5.70. The number of likely N-dealkylation sites (N-methyl/N-ethyl adjacent to an activating group) is 1. The summed E-state index contributed by atoms with van der Waals surface area (Å²) >= 11 is 0. The fourth-order valence-corrected chi connectivity index (χ4v) is 2.45.